The van der Waals surface area contributed by atoms with Crippen LogP contribution in [-0.2, 0) is 11.2 Å². The lowest BCUT2D eigenvalue weighted by atomic mass is 10.0. The highest BCUT2D eigenvalue weighted by atomic mass is 35.5. The summed E-state index contributed by atoms with van der Waals surface area (Å²) in [5.74, 6) is 0.0170. The van der Waals surface area contributed by atoms with E-state index in [4.69, 9.17) is 11.6 Å². The predicted molar refractivity (Wildman–Crippen MR) is 76.0 cm³/mol. The van der Waals surface area contributed by atoms with Crippen molar-refractivity contribution in [2.24, 2.45) is 0 Å². The number of likely N-dealkylation sites (N-methyl/N-ethyl adjacent to an activating group) is 1. The van der Waals surface area contributed by atoms with Crippen LogP contribution in [0.15, 0.2) is 42.5 Å². The zero-order valence-corrected chi connectivity index (χ0v) is 11.2. The van der Waals surface area contributed by atoms with Crippen LogP contribution in [0.4, 0.5) is 0 Å². The van der Waals surface area contributed by atoms with E-state index in [2.05, 4.69) is 30.3 Å². The second-order valence-corrected chi connectivity index (χ2v) is 4.60. The Labute approximate surface area is 112 Å². The summed E-state index contributed by atoms with van der Waals surface area (Å²) >= 11 is 5.53. The number of nitrogens with zero attached hydrogens (tertiary/aromatic N) is 1. The van der Waals surface area contributed by atoms with Crippen molar-refractivity contribution in [2.75, 3.05) is 19.5 Å². The van der Waals surface area contributed by atoms with Crippen molar-refractivity contribution in [1.82, 2.24) is 4.90 Å². The summed E-state index contributed by atoms with van der Waals surface area (Å²) < 4.78 is 0. The number of alkyl halides is 1. The smallest absolute Gasteiger partial charge is 0.237 e. The van der Waals surface area contributed by atoms with Crippen LogP contribution in [0.2, 0.25) is 0 Å². The summed E-state index contributed by atoms with van der Waals surface area (Å²) in [4.78, 5) is 13.1. The van der Waals surface area contributed by atoms with Crippen molar-refractivity contribution in [3.05, 3.63) is 48.0 Å². The van der Waals surface area contributed by atoms with E-state index in [1.54, 1.807) is 11.9 Å². The number of fused-ring (bicyclic) bond motifs is 1. The predicted octanol–water partition coefficient (Wildman–Crippen LogP) is 3.08. The molecule has 18 heavy (non-hydrogen) atoms. The number of halogens is 1. The maximum Gasteiger partial charge on any atom is 0.237 e. The number of hydrogen-bond donors (Lipinski definition) is 0. The standard InChI is InChI=1S/C15H16ClNO/c1-17(15(18)11-16)10-9-13-7-4-6-12-5-2-3-8-14(12)13/h2-8H,9-11H2,1H3. The second kappa shape index (κ2) is 5.87. The highest BCUT2D eigenvalue weighted by molar-refractivity contribution is 6.27. The molecule has 2 nitrogen and oxygen atoms in total. The van der Waals surface area contributed by atoms with E-state index in [0.29, 0.717) is 6.54 Å². The van der Waals surface area contributed by atoms with E-state index in [9.17, 15) is 4.79 Å². The molecule has 0 heterocycles. The molecule has 0 saturated carbocycles. The number of carbonyl (C=O) groups excluding carboxylic acids is 1. The molecule has 94 valence electrons. The molecule has 0 fully saturated rings. The van der Waals surface area contributed by atoms with Crippen LogP contribution in [0.25, 0.3) is 10.8 Å². The fourth-order valence-corrected chi connectivity index (χ4v) is 2.23. The van der Waals surface area contributed by atoms with Gasteiger partial charge in [0.2, 0.25) is 5.91 Å². The summed E-state index contributed by atoms with van der Waals surface area (Å²) in [5, 5.41) is 2.49. The topological polar surface area (TPSA) is 20.3 Å². The van der Waals surface area contributed by atoms with Crippen LogP contribution in [0.3, 0.4) is 0 Å². The molecule has 2 rings (SSSR count). The van der Waals surface area contributed by atoms with Crippen molar-refractivity contribution in [2.45, 2.75) is 6.42 Å². The Bertz CT molecular complexity index is 548. The van der Waals surface area contributed by atoms with Gasteiger partial charge in [0, 0.05) is 13.6 Å². The van der Waals surface area contributed by atoms with Gasteiger partial charge in [-0.25, -0.2) is 0 Å². The van der Waals surface area contributed by atoms with E-state index >= 15 is 0 Å². The van der Waals surface area contributed by atoms with Crippen molar-refractivity contribution < 1.29 is 4.79 Å². The molecular formula is C15H16ClNO. The largest absolute Gasteiger partial charge is 0.344 e. The van der Waals surface area contributed by atoms with Crippen molar-refractivity contribution in [1.29, 1.82) is 0 Å². The first-order valence-electron chi connectivity index (χ1n) is 5.99. The van der Waals surface area contributed by atoms with Crippen LogP contribution in [-0.4, -0.2) is 30.3 Å². The zero-order chi connectivity index (χ0) is 13.0. The van der Waals surface area contributed by atoms with Gasteiger partial charge in [0.05, 0.1) is 0 Å². The third-order valence-electron chi connectivity index (χ3n) is 3.14. The molecule has 3 heteroatoms. The lowest BCUT2D eigenvalue weighted by Crippen LogP contribution is -2.29. The molecule has 1 amide bonds. The molecule has 0 bridgehead atoms. The van der Waals surface area contributed by atoms with E-state index in [1.165, 1.54) is 16.3 Å². The van der Waals surface area contributed by atoms with Gasteiger partial charge in [-0.2, -0.15) is 0 Å². The molecule has 0 radical (unpaired) electrons. The molecule has 0 aromatic heterocycles. The van der Waals surface area contributed by atoms with Crippen LogP contribution < -0.4 is 0 Å². The van der Waals surface area contributed by atoms with Crippen molar-refractivity contribution in [3.8, 4) is 0 Å². The van der Waals surface area contributed by atoms with E-state index in [-0.39, 0.29) is 11.8 Å². The van der Waals surface area contributed by atoms with Crippen molar-refractivity contribution >= 4 is 28.3 Å². The maximum absolute atomic E-state index is 11.4. The Morgan fingerprint density at radius 3 is 2.67 bits per heavy atom. The number of rotatable bonds is 4. The van der Waals surface area contributed by atoms with Gasteiger partial charge in [0.15, 0.2) is 0 Å². The number of benzene rings is 2. The third-order valence-corrected chi connectivity index (χ3v) is 3.37. The first-order valence-corrected chi connectivity index (χ1v) is 6.52. The van der Waals surface area contributed by atoms with E-state index in [0.717, 1.165) is 6.42 Å². The van der Waals surface area contributed by atoms with Gasteiger partial charge >= 0.3 is 0 Å². The minimum absolute atomic E-state index is 0.0306. The molecule has 2 aromatic rings. The minimum Gasteiger partial charge on any atom is -0.344 e. The molecule has 0 N–H and O–H groups in total. The first kappa shape index (κ1) is 12.9. The Morgan fingerprint density at radius 1 is 1.17 bits per heavy atom. The highest BCUT2D eigenvalue weighted by Crippen LogP contribution is 2.18. The average Bonchev–Trinajstić information content (AvgIpc) is 2.43. The Balaban J connectivity index is 2.15. The van der Waals surface area contributed by atoms with Gasteiger partial charge in [-0.05, 0) is 22.8 Å². The first-order chi connectivity index (χ1) is 8.72. The monoisotopic (exact) mass is 261 g/mol. The van der Waals surface area contributed by atoms with Gasteiger partial charge < -0.3 is 4.90 Å². The normalized spacial score (nSPS) is 10.6. The fourth-order valence-electron chi connectivity index (χ4n) is 2.03. The van der Waals surface area contributed by atoms with Gasteiger partial charge in [-0.1, -0.05) is 42.5 Å². The van der Waals surface area contributed by atoms with Crippen LogP contribution in [0.5, 0.6) is 0 Å². The van der Waals surface area contributed by atoms with E-state index < -0.39 is 0 Å². The van der Waals surface area contributed by atoms with Crippen LogP contribution in [0.1, 0.15) is 5.56 Å². The van der Waals surface area contributed by atoms with Crippen LogP contribution >= 0.6 is 11.6 Å². The molecule has 0 atom stereocenters. The highest BCUT2D eigenvalue weighted by Gasteiger charge is 2.07. The summed E-state index contributed by atoms with van der Waals surface area (Å²) in [6.07, 6.45) is 0.848. The Morgan fingerprint density at radius 2 is 1.89 bits per heavy atom. The summed E-state index contributed by atoms with van der Waals surface area (Å²) in [6, 6.07) is 14.6. The second-order valence-electron chi connectivity index (χ2n) is 4.34. The van der Waals surface area contributed by atoms with Gasteiger partial charge in [-0.3, -0.25) is 4.79 Å². The molecular weight excluding hydrogens is 246 g/mol. The number of hydrogen-bond acceptors (Lipinski definition) is 1. The summed E-state index contributed by atoms with van der Waals surface area (Å²) in [7, 11) is 1.79. The van der Waals surface area contributed by atoms with Gasteiger partial charge in [0.25, 0.3) is 0 Å². The Kier molecular flexibility index (Phi) is 4.21. The third kappa shape index (κ3) is 2.82. The zero-order valence-electron chi connectivity index (χ0n) is 10.4. The average molecular weight is 262 g/mol. The summed E-state index contributed by atoms with van der Waals surface area (Å²) in [6.45, 7) is 0.694. The molecule has 0 aliphatic carbocycles. The molecule has 0 saturated heterocycles. The molecule has 0 spiro atoms. The SMILES string of the molecule is CN(CCc1cccc2ccccc12)C(=O)CCl. The molecule has 0 aliphatic heterocycles. The van der Waals surface area contributed by atoms with Gasteiger partial charge in [0.1, 0.15) is 5.88 Å². The Hall–Kier alpha value is -1.54. The molecule has 0 aliphatic rings. The van der Waals surface area contributed by atoms with Crippen LogP contribution in [0, 0.1) is 0 Å². The maximum atomic E-state index is 11.4. The quantitative estimate of drug-likeness (QED) is 0.775. The fraction of sp³-hybridized carbons (Fsp3) is 0.267. The van der Waals surface area contributed by atoms with Gasteiger partial charge in [-0.15, -0.1) is 11.6 Å². The lowest BCUT2D eigenvalue weighted by molar-refractivity contribution is -0.127. The van der Waals surface area contributed by atoms with Crippen molar-refractivity contribution in [3.63, 3.8) is 0 Å². The number of amides is 1. The molecule has 0 unspecified atom stereocenters. The lowest BCUT2D eigenvalue weighted by Gasteiger charge is -2.16. The van der Waals surface area contributed by atoms with E-state index in [1.807, 2.05) is 12.1 Å². The minimum atomic E-state index is -0.0306. The number of carbonyl (C=O) groups is 1. The summed E-state index contributed by atoms with van der Waals surface area (Å²) in [5.41, 5.74) is 1.27. The molecule has 2 aromatic carbocycles.